The molecule has 0 atom stereocenters. The highest BCUT2D eigenvalue weighted by atomic mass is 16.5. The van der Waals surface area contributed by atoms with Crippen molar-refractivity contribution in [2.45, 2.75) is 19.9 Å². The fraction of sp³-hybridized carbons (Fsp3) is 0.636. The summed E-state index contributed by atoms with van der Waals surface area (Å²) in [5, 5.41) is 3.35. The summed E-state index contributed by atoms with van der Waals surface area (Å²) >= 11 is 0. The first kappa shape index (κ1) is 11.1. The van der Waals surface area contributed by atoms with Gasteiger partial charge in [0.25, 0.3) is 0 Å². The lowest BCUT2D eigenvalue weighted by Crippen LogP contribution is -2.29. The topological polar surface area (TPSA) is 50.3 Å². The van der Waals surface area contributed by atoms with Gasteiger partial charge in [0, 0.05) is 38.7 Å². The maximum atomic E-state index is 5.15. The van der Waals surface area contributed by atoms with Gasteiger partial charge in [-0.15, -0.1) is 0 Å². The quantitative estimate of drug-likeness (QED) is 0.811. The number of nitrogens with one attached hydrogen (secondary N) is 1. The van der Waals surface area contributed by atoms with Crippen molar-refractivity contribution in [3.05, 3.63) is 11.3 Å². The summed E-state index contributed by atoms with van der Waals surface area (Å²) in [4.78, 5) is 11.0. The number of anilines is 1. The Hall–Kier alpha value is -1.36. The third-order valence-corrected chi connectivity index (χ3v) is 2.91. The van der Waals surface area contributed by atoms with E-state index in [9.17, 15) is 0 Å². The highest BCUT2D eigenvalue weighted by Gasteiger charge is 2.19. The van der Waals surface area contributed by atoms with Crippen molar-refractivity contribution in [3.8, 4) is 6.01 Å². The van der Waals surface area contributed by atoms with Crippen LogP contribution in [-0.4, -0.2) is 37.2 Å². The number of aromatic nitrogens is 2. The molecule has 0 bridgehead atoms. The van der Waals surface area contributed by atoms with Crippen LogP contribution in [0.1, 0.15) is 18.2 Å². The van der Waals surface area contributed by atoms with Crippen LogP contribution in [0.4, 0.5) is 5.82 Å². The van der Waals surface area contributed by atoms with Gasteiger partial charge in [-0.2, -0.15) is 9.97 Å². The Bertz CT molecular complexity index is 380. The molecule has 0 fully saturated rings. The van der Waals surface area contributed by atoms with E-state index in [-0.39, 0.29) is 0 Å². The van der Waals surface area contributed by atoms with Crippen LogP contribution >= 0.6 is 0 Å². The van der Waals surface area contributed by atoms with Crippen LogP contribution in [0.2, 0.25) is 0 Å². The van der Waals surface area contributed by atoms with Crippen LogP contribution in [0.15, 0.2) is 0 Å². The zero-order valence-corrected chi connectivity index (χ0v) is 10.1. The Morgan fingerprint density at radius 3 is 2.94 bits per heavy atom. The second-order valence-electron chi connectivity index (χ2n) is 3.90. The molecule has 0 radical (unpaired) electrons. The maximum absolute atomic E-state index is 5.15. The fourth-order valence-corrected chi connectivity index (χ4v) is 1.86. The summed E-state index contributed by atoms with van der Waals surface area (Å²) in [5.74, 6) is 0.983. The third kappa shape index (κ3) is 1.95. The molecule has 0 saturated carbocycles. The number of hydrogen-bond donors (Lipinski definition) is 1. The van der Waals surface area contributed by atoms with Crippen LogP contribution < -0.4 is 15.0 Å². The lowest BCUT2D eigenvalue weighted by Gasteiger charge is -2.24. The number of rotatable bonds is 3. The van der Waals surface area contributed by atoms with Gasteiger partial charge in [-0.3, -0.25) is 0 Å². The van der Waals surface area contributed by atoms with Crippen LogP contribution in [0.3, 0.4) is 0 Å². The zero-order valence-electron chi connectivity index (χ0n) is 10.1. The molecule has 0 spiro atoms. The smallest absolute Gasteiger partial charge is 0.318 e. The van der Waals surface area contributed by atoms with Crippen LogP contribution in [0.25, 0.3) is 0 Å². The summed E-state index contributed by atoms with van der Waals surface area (Å²) in [6.07, 6.45) is 0.943. The van der Waals surface area contributed by atoms with Gasteiger partial charge in [-0.1, -0.05) is 0 Å². The van der Waals surface area contributed by atoms with Crippen LogP contribution in [0, 0.1) is 0 Å². The Morgan fingerprint density at radius 1 is 1.44 bits per heavy atom. The molecule has 16 heavy (non-hydrogen) atoms. The maximum Gasteiger partial charge on any atom is 0.318 e. The SMILES string of the molecule is CCN(C)c1nc(OC)nc2c1CNCC2. The minimum atomic E-state index is 0.468. The van der Waals surface area contributed by atoms with Gasteiger partial charge >= 0.3 is 6.01 Å². The van der Waals surface area contributed by atoms with E-state index in [0.29, 0.717) is 6.01 Å². The molecular weight excluding hydrogens is 204 g/mol. The summed E-state index contributed by atoms with van der Waals surface area (Å²) in [5.41, 5.74) is 2.32. The number of ether oxygens (including phenoxy) is 1. The first-order chi connectivity index (χ1) is 7.76. The van der Waals surface area contributed by atoms with E-state index in [0.717, 1.165) is 37.6 Å². The average Bonchev–Trinajstić information content (AvgIpc) is 2.36. The van der Waals surface area contributed by atoms with E-state index >= 15 is 0 Å². The molecule has 0 aromatic carbocycles. The van der Waals surface area contributed by atoms with E-state index in [1.807, 2.05) is 7.05 Å². The first-order valence-electron chi connectivity index (χ1n) is 5.62. The van der Waals surface area contributed by atoms with Crippen molar-refractivity contribution in [1.29, 1.82) is 0 Å². The molecule has 1 aromatic heterocycles. The molecular formula is C11H18N4O. The Balaban J connectivity index is 2.47. The molecule has 1 aromatic rings. The summed E-state index contributed by atoms with van der Waals surface area (Å²) in [6.45, 7) is 4.85. The predicted molar refractivity (Wildman–Crippen MR) is 62.9 cm³/mol. The monoisotopic (exact) mass is 222 g/mol. The Morgan fingerprint density at radius 2 is 2.25 bits per heavy atom. The standard InChI is InChI=1S/C11H18N4O/c1-4-15(2)10-8-7-12-6-5-9(8)13-11(14-10)16-3/h12H,4-7H2,1-3H3. The molecule has 2 heterocycles. The van der Waals surface area contributed by atoms with Crippen LogP contribution in [0.5, 0.6) is 6.01 Å². The van der Waals surface area contributed by atoms with Gasteiger partial charge in [0.1, 0.15) is 5.82 Å². The molecule has 0 unspecified atom stereocenters. The summed E-state index contributed by atoms with van der Waals surface area (Å²) in [7, 11) is 3.65. The van der Waals surface area contributed by atoms with Crippen molar-refractivity contribution in [3.63, 3.8) is 0 Å². The lowest BCUT2D eigenvalue weighted by molar-refractivity contribution is 0.376. The van der Waals surface area contributed by atoms with Crippen molar-refractivity contribution in [2.75, 3.05) is 32.1 Å². The van der Waals surface area contributed by atoms with Gasteiger partial charge in [-0.25, -0.2) is 0 Å². The molecule has 5 nitrogen and oxygen atoms in total. The van der Waals surface area contributed by atoms with Gasteiger partial charge in [0.2, 0.25) is 0 Å². The highest BCUT2D eigenvalue weighted by molar-refractivity contribution is 5.50. The fourth-order valence-electron chi connectivity index (χ4n) is 1.86. The first-order valence-corrected chi connectivity index (χ1v) is 5.62. The Labute approximate surface area is 95.8 Å². The lowest BCUT2D eigenvalue weighted by atomic mass is 10.1. The molecule has 1 N–H and O–H groups in total. The number of fused-ring (bicyclic) bond motifs is 1. The van der Waals surface area contributed by atoms with E-state index in [1.54, 1.807) is 7.11 Å². The van der Waals surface area contributed by atoms with Crippen molar-refractivity contribution in [2.24, 2.45) is 0 Å². The van der Waals surface area contributed by atoms with Gasteiger partial charge in [-0.05, 0) is 6.92 Å². The second kappa shape index (κ2) is 4.65. The predicted octanol–water partition coefficient (Wildman–Crippen LogP) is 0.587. The minimum absolute atomic E-state index is 0.468. The number of methoxy groups -OCH3 is 1. The molecule has 5 heteroatoms. The van der Waals surface area contributed by atoms with E-state index < -0.39 is 0 Å². The largest absolute Gasteiger partial charge is 0.467 e. The van der Waals surface area contributed by atoms with Gasteiger partial charge < -0.3 is 15.0 Å². The summed E-state index contributed by atoms with van der Waals surface area (Å²) < 4.78 is 5.15. The highest BCUT2D eigenvalue weighted by Crippen LogP contribution is 2.24. The normalized spacial score (nSPS) is 14.4. The molecule has 0 amide bonds. The summed E-state index contributed by atoms with van der Waals surface area (Å²) in [6, 6.07) is 0.468. The van der Waals surface area contributed by atoms with E-state index in [4.69, 9.17) is 4.74 Å². The third-order valence-electron chi connectivity index (χ3n) is 2.91. The van der Waals surface area contributed by atoms with Crippen molar-refractivity contribution in [1.82, 2.24) is 15.3 Å². The Kier molecular flexibility index (Phi) is 3.24. The van der Waals surface area contributed by atoms with E-state index in [1.165, 1.54) is 5.56 Å². The van der Waals surface area contributed by atoms with Gasteiger partial charge in [0.15, 0.2) is 0 Å². The second-order valence-corrected chi connectivity index (χ2v) is 3.90. The minimum Gasteiger partial charge on any atom is -0.467 e. The molecule has 0 saturated heterocycles. The molecule has 88 valence electrons. The molecule has 1 aliphatic rings. The number of hydrogen-bond acceptors (Lipinski definition) is 5. The molecule has 1 aliphatic heterocycles. The molecule has 2 rings (SSSR count). The van der Waals surface area contributed by atoms with Crippen molar-refractivity contribution >= 4 is 5.82 Å². The van der Waals surface area contributed by atoms with Crippen molar-refractivity contribution < 1.29 is 4.74 Å². The van der Waals surface area contributed by atoms with Gasteiger partial charge in [0.05, 0.1) is 12.8 Å². The average molecular weight is 222 g/mol. The number of nitrogens with zero attached hydrogens (tertiary/aromatic N) is 3. The molecule has 0 aliphatic carbocycles. The zero-order chi connectivity index (χ0) is 11.5. The van der Waals surface area contributed by atoms with Crippen LogP contribution in [-0.2, 0) is 13.0 Å². The van der Waals surface area contributed by atoms with E-state index in [2.05, 4.69) is 27.1 Å².